The van der Waals surface area contributed by atoms with Crippen LogP contribution in [0.5, 0.6) is 0 Å². The first kappa shape index (κ1) is 17.0. The molecule has 132 valence electrons. The number of anilines is 2. The Balaban J connectivity index is 1.62. The number of aliphatic imine (C=N–C) groups is 1. The van der Waals surface area contributed by atoms with Gasteiger partial charge in [0.15, 0.2) is 6.19 Å². The molecule has 2 bridgehead atoms. The van der Waals surface area contributed by atoms with E-state index in [9.17, 15) is 4.79 Å². The second kappa shape index (κ2) is 7.83. The number of guanidine groups is 1. The van der Waals surface area contributed by atoms with Crippen LogP contribution in [0.4, 0.5) is 16.3 Å². The second-order valence-corrected chi connectivity index (χ2v) is 6.36. The molecule has 1 aromatic heterocycles. The van der Waals surface area contributed by atoms with E-state index in [0.29, 0.717) is 30.0 Å². The molecule has 0 spiro atoms. The van der Waals surface area contributed by atoms with E-state index in [1.54, 1.807) is 25.3 Å². The van der Waals surface area contributed by atoms with Crippen molar-refractivity contribution >= 4 is 23.6 Å². The van der Waals surface area contributed by atoms with Gasteiger partial charge in [-0.25, -0.2) is 14.8 Å². The molecule has 1 heterocycles. The minimum absolute atomic E-state index is 0.278. The number of pyridine rings is 1. The predicted molar refractivity (Wildman–Crippen MR) is 93.9 cm³/mol. The van der Waals surface area contributed by atoms with Crippen molar-refractivity contribution < 1.29 is 9.53 Å². The van der Waals surface area contributed by atoms with Gasteiger partial charge in [0, 0.05) is 0 Å². The summed E-state index contributed by atoms with van der Waals surface area (Å²) in [7, 11) is 0. The Kier molecular flexibility index (Phi) is 5.33. The van der Waals surface area contributed by atoms with Gasteiger partial charge in [-0.05, 0) is 50.2 Å². The van der Waals surface area contributed by atoms with Crippen LogP contribution in [-0.2, 0) is 4.74 Å². The lowest BCUT2D eigenvalue weighted by Crippen LogP contribution is -2.30. The molecule has 1 amide bonds. The Hall–Kier alpha value is -2.82. The van der Waals surface area contributed by atoms with E-state index in [1.807, 2.05) is 6.19 Å². The quantitative estimate of drug-likeness (QED) is 0.336. The SMILES string of the molecule is CCOC(=O)Nc1ccc(NC(=N[C@H]2C[C@@H]3CC[C@H]2C3)NC#N)cn1. The molecule has 25 heavy (non-hydrogen) atoms. The maximum absolute atomic E-state index is 11.4. The fraction of sp³-hybridized carbons (Fsp3) is 0.529. The first-order chi connectivity index (χ1) is 12.2. The van der Waals surface area contributed by atoms with Gasteiger partial charge in [0.1, 0.15) is 5.82 Å². The summed E-state index contributed by atoms with van der Waals surface area (Å²) in [6.45, 7) is 2.04. The van der Waals surface area contributed by atoms with Crippen molar-refractivity contribution in [1.82, 2.24) is 10.3 Å². The van der Waals surface area contributed by atoms with E-state index >= 15 is 0 Å². The minimum atomic E-state index is -0.541. The summed E-state index contributed by atoms with van der Waals surface area (Å²) < 4.78 is 4.80. The molecule has 8 heteroatoms. The summed E-state index contributed by atoms with van der Waals surface area (Å²) in [5.41, 5.74) is 0.680. The highest BCUT2D eigenvalue weighted by Gasteiger charge is 2.39. The van der Waals surface area contributed by atoms with Crippen LogP contribution in [0.2, 0.25) is 0 Å². The van der Waals surface area contributed by atoms with E-state index in [-0.39, 0.29) is 6.04 Å². The Morgan fingerprint density at radius 1 is 1.40 bits per heavy atom. The molecule has 3 N–H and O–H groups in total. The van der Waals surface area contributed by atoms with Gasteiger partial charge in [0.05, 0.1) is 24.5 Å². The van der Waals surface area contributed by atoms with Gasteiger partial charge >= 0.3 is 6.09 Å². The molecule has 0 unspecified atom stereocenters. The molecule has 2 aliphatic carbocycles. The normalized spacial score (nSPS) is 24.5. The van der Waals surface area contributed by atoms with Gasteiger partial charge in [-0.1, -0.05) is 6.42 Å². The molecule has 2 aliphatic rings. The van der Waals surface area contributed by atoms with Crippen molar-refractivity contribution in [3.63, 3.8) is 0 Å². The van der Waals surface area contributed by atoms with Crippen molar-refractivity contribution in [1.29, 1.82) is 5.26 Å². The molecule has 3 atom stereocenters. The first-order valence-electron chi connectivity index (χ1n) is 8.57. The first-order valence-corrected chi connectivity index (χ1v) is 8.57. The molecular weight excluding hydrogens is 320 g/mol. The highest BCUT2D eigenvalue weighted by molar-refractivity contribution is 5.94. The molecule has 0 aromatic carbocycles. The average molecular weight is 342 g/mol. The average Bonchev–Trinajstić information content (AvgIpc) is 3.20. The number of carbonyl (C=O) groups is 1. The van der Waals surface area contributed by atoms with E-state index in [4.69, 9.17) is 15.0 Å². The lowest BCUT2D eigenvalue weighted by molar-refractivity contribution is 0.168. The zero-order valence-corrected chi connectivity index (χ0v) is 14.2. The van der Waals surface area contributed by atoms with Crippen LogP contribution in [0, 0.1) is 23.3 Å². The van der Waals surface area contributed by atoms with Crippen LogP contribution in [0.1, 0.15) is 32.6 Å². The summed E-state index contributed by atoms with van der Waals surface area (Å²) in [5.74, 6) is 2.25. The third-order valence-electron chi connectivity index (χ3n) is 4.70. The molecular formula is C17H22N6O2. The van der Waals surface area contributed by atoms with Crippen molar-refractivity contribution in [2.45, 2.75) is 38.6 Å². The van der Waals surface area contributed by atoms with Gasteiger partial charge in [-0.3, -0.25) is 10.6 Å². The molecule has 2 fully saturated rings. The Morgan fingerprint density at radius 2 is 2.28 bits per heavy atom. The van der Waals surface area contributed by atoms with Gasteiger partial charge in [-0.15, -0.1) is 0 Å². The maximum atomic E-state index is 11.4. The number of amides is 1. The van der Waals surface area contributed by atoms with Crippen molar-refractivity contribution in [2.75, 3.05) is 17.2 Å². The fourth-order valence-electron chi connectivity index (χ4n) is 3.63. The second-order valence-electron chi connectivity index (χ2n) is 6.36. The number of fused-ring (bicyclic) bond motifs is 2. The van der Waals surface area contributed by atoms with Crippen LogP contribution < -0.4 is 16.0 Å². The summed E-state index contributed by atoms with van der Waals surface area (Å²) >= 11 is 0. The van der Waals surface area contributed by atoms with Crippen LogP contribution in [0.25, 0.3) is 0 Å². The van der Waals surface area contributed by atoms with E-state index < -0.39 is 6.09 Å². The van der Waals surface area contributed by atoms with Crippen LogP contribution in [0.3, 0.4) is 0 Å². The summed E-state index contributed by atoms with van der Waals surface area (Å²) in [4.78, 5) is 20.2. The molecule has 8 nitrogen and oxygen atoms in total. The zero-order chi connectivity index (χ0) is 17.6. The highest BCUT2D eigenvalue weighted by Crippen LogP contribution is 2.45. The van der Waals surface area contributed by atoms with Gasteiger partial charge in [0.2, 0.25) is 5.96 Å². The molecule has 1 aromatic rings. The predicted octanol–water partition coefficient (Wildman–Crippen LogP) is 2.68. The Bertz CT molecular complexity index is 681. The number of aromatic nitrogens is 1. The molecule has 3 rings (SSSR count). The molecule has 2 saturated carbocycles. The van der Waals surface area contributed by atoms with E-state index in [1.165, 1.54) is 19.3 Å². The van der Waals surface area contributed by atoms with Crippen LogP contribution >= 0.6 is 0 Å². The number of nitrogens with zero attached hydrogens (tertiary/aromatic N) is 3. The lowest BCUT2D eigenvalue weighted by Gasteiger charge is -2.19. The van der Waals surface area contributed by atoms with Gasteiger partial charge in [0.25, 0.3) is 0 Å². The number of ether oxygens (including phenoxy) is 1. The number of nitrogens with one attached hydrogen (secondary N) is 3. The molecule has 0 aliphatic heterocycles. The Labute approximate surface area is 146 Å². The maximum Gasteiger partial charge on any atom is 0.412 e. The Morgan fingerprint density at radius 3 is 2.88 bits per heavy atom. The smallest absolute Gasteiger partial charge is 0.412 e. The van der Waals surface area contributed by atoms with Crippen LogP contribution in [-0.4, -0.2) is 29.7 Å². The summed E-state index contributed by atoms with van der Waals surface area (Å²) in [6, 6.07) is 3.69. The third kappa shape index (κ3) is 4.38. The minimum Gasteiger partial charge on any atom is -0.450 e. The lowest BCUT2D eigenvalue weighted by atomic mass is 9.96. The highest BCUT2D eigenvalue weighted by atomic mass is 16.5. The van der Waals surface area contributed by atoms with Gasteiger partial charge in [-0.2, -0.15) is 5.26 Å². The van der Waals surface area contributed by atoms with Crippen LogP contribution in [0.15, 0.2) is 23.3 Å². The van der Waals surface area contributed by atoms with E-state index in [2.05, 4.69) is 20.9 Å². The van der Waals surface area contributed by atoms with E-state index in [0.717, 1.165) is 12.3 Å². The number of carbonyl (C=O) groups excluding carboxylic acids is 1. The molecule has 0 saturated heterocycles. The van der Waals surface area contributed by atoms with Crippen molar-refractivity contribution in [3.8, 4) is 6.19 Å². The number of hydrogen-bond acceptors (Lipinski definition) is 5. The van der Waals surface area contributed by atoms with Crippen molar-refractivity contribution in [3.05, 3.63) is 18.3 Å². The fourth-order valence-corrected chi connectivity index (χ4v) is 3.63. The number of hydrogen-bond donors (Lipinski definition) is 3. The van der Waals surface area contributed by atoms with Crippen molar-refractivity contribution in [2.24, 2.45) is 16.8 Å². The summed E-state index contributed by atoms with van der Waals surface area (Å²) in [6.07, 6.45) is 7.84. The topological polar surface area (TPSA) is 111 Å². The number of rotatable bonds is 4. The summed E-state index contributed by atoms with van der Waals surface area (Å²) in [5, 5.41) is 17.2. The standard InChI is InChI=1S/C17H22N6O2/c1-2-25-17(24)23-15-6-5-13(9-19-15)21-16(20-10-18)22-14-8-11-3-4-12(14)7-11/h5-6,9,11-12,14H,2-4,7-8H2,1H3,(H,19,23,24)(H2,20,21,22)/t11-,12+,14+/m1/s1. The van der Waals surface area contributed by atoms with Gasteiger partial charge < -0.3 is 10.1 Å². The zero-order valence-electron chi connectivity index (χ0n) is 14.2. The largest absolute Gasteiger partial charge is 0.450 e. The monoisotopic (exact) mass is 342 g/mol. The number of nitriles is 1. The molecule has 0 radical (unpaired) electrons. The third-order valence-corrected chi connectivity index (χ3v) is 4.70.